The molecule has 0 aromatic heterocycles. The summed E-state index contributed by atoms with van der Waals surface area (Å²) in [5, 5.41) is 0. The molecule has 1 atom stereocenters. The Kier molecular flexibility index (Phi) is 5.57. The fraction of sp³-hybridized carbons (Fsp3) is 0.500. The quantitative estimate of drug-likeness (QED) is 0.765. The van der Waals surface area contributed by atoms with E-state index in [-0.39, 0.29) is 30.2 Å². The van der Waals surface area contributed by atoms with Gasteiger partial charge in [0.25, 0.3) is 5.91 Å². The van der Waals surface area contributed by atoms with E-state index in [1.807, 2.05) is 0 Å². The number of amides is 1. The number of ether oxygens (including phenoxy) is 1. The van der Waals surface area contributed by atoms with E-state index in [9.17, 15) is 17.6 Å². The summed E-state index contributed by atoms with van der Waals surface area (Å²) in [6, 6.07) is 3.46. The van der Waals surface area contributed by atoms with Gasteiger partial charge in [-0.3, -0.25) is 4.79 Å². The molecule has 1 aromatic carbocycles. The molecule has 1 aliphatic heterocycles. The van der Waals surface area contributed by atoms with Crippen LogP contribution in [0.1, 0.15) is 16.8 Å². The second-order valence-corrected chi connectivity index (χ2v) is 8.26. The number of sulfone groups is 1. The standard InChI is InChI=1S/C14H17BrFNO4S/c1-21-6-5-17(11-4-7-22(19,20)9-11)14(18)12-8-10(16)2-3-13(12)15/h2-3,8,11H,4-7,9H2,1H3. The smallest absolute Gasteiger partial charge is 0.255 e. The highest BCUT2D eigenvalue weighted by Gasteiger charge is 2.35. The van der Waals surface area contributed by atoms with Crippen LogP contribution in [0.5, 0.6) is 0 Å². The number of methoxy groups -OCH3 is 1. The summed E-state index contributed by atoms with van der Waals surface area (Å²) < 4.78 is 42.2. The van der Waals surface area contributed by atoms with E-state index < -0.39 is 27.6 Å². The summed E-state index contributed by atoms with van der Waals surface area (Å²) in [5.41, 5.74) is 0.181. The highest BCUT2D eigenvalue weighted by molar-refractivity contribution is 9.10. The molecule has 0 radical (unpaired) electrons. The van der Waals surface area contributed by atoms with Gasteiger partial charge in [0.2, 0.25) is 0 Å². The molecule has 22 heavy (non-hydrogen) atoms. The third kappa shape index (κ3) is 4.05. The second-order valence-electron chi connectivity index (χ2n) is 5.17. The predicted octanol–water partition coefficient (Wildman–Crippen LogP) is 1.86. The van der Waals surface area contributed by atoms with E-state index >= 15 is 0 Å². The summed E-state index contributed by atoms with van der Waals surface area (Å²) in [4.78, 5) is 14.2. The van der Waals surface area contributed by atoms with Crippen molar-refractivity contribution in [2.75, 3.05) is 31.8 Å². The Balaban J connectivity index is 2.28. The molecule has 0 bridgehead atoms. The molecular weight excluding hydrogens is 377 g/mol. The first-order valence-electron chi connectivity index (χ1n) is 6.79. The first kappa shape index (κ1) is 17.4. The van der Waals surface area contributed by atoms with Crippen LogP contribution in [-0.4, -0.2) is 57.0 Å². The van der Waals surface area contributed by atoms with Gasteiger partial charge in [-0.2, -0.15) is 0 Å². The molecule has 0 spiro atoms. The molecule has 1 saturated heterocycles. The number of hydrogen-bond donors (Lipinski definition) is 0. The van der Waals surface area contributed by atoms with Crippen LogP contribution >= 0.6 is 15.9 Å². The van der Waals surface area contributed by atoms with Gasteiger partial charge in [0.15, 0.2) is 9.84 Å². The lowest BCUT2D eigenvalue weighted by Gasteiger charge is -2.28. The van der Waals surface area contributed by atoms with Gasteiger partial charge in [-0.1, -0.05) is 0 Å². The zero-order valence-corrected chi connectivity index (χ0v) is 14.5. The van der Waals surface area contributed by atoms with Crippen molar-refractivity contribution >= 4 is 31.7 Å². The fourth-order valence-corrected chi connectivity index (χ4v) is 4.62. The van der Waals surface area contributed by atoms with Crippen LogP contribution in [0, 0.1) is 5.82 Å². The Morgan fingerprint density at radius 3 is 2.82 bits per heavy atom. The van der Waals surface area contributed by atoms with E-state index in [0.29, 0.717) is 10.9 Å². The maximum Gasteiger partial charge on any atom is 0.255 e. The molecule has 1 aromatic rings. The SMILES string of the molecule is COCCN(C(=O)c1cc(F)ccc1Br)C1CCS(=O)(=O)C1. The first-order chi connectivity index (χ1) is 10.3. The third-order valence-electron chi connectivity index (χ3n) is 3.61. The minimum atomic E-state index is -3.12. The van der Waals surface area contributed by atoms with Crippen molar-refractivity contribution < 1.29 is 22.3 Å². The van der Waals surface area contributed by atoms with E-state index in [4.69, 9.17) is 4.74 Å². The van der Waals surface area contributed by atoms with Crippen LogP contribution in [-0.2, 0) is 14.6 Å². The van der Waals surface area contributed by atoms with E-state index in [1.165, 1.54) is 24.1 Å². The third-order valence-corrected chi connectivity index (χ3v) is 6.05. The minimum Gasteiger partial charge on any atom is -0.383 e. The summed E-state index contributed by atoms with van der Waals surface area (Å²) in [6.07, 6.45) is 0.394. The lowest BCUT2D eigenvalue weighted by molar-refractivity contribution is 0.0623. The first-order valence-corrected chi connectivity index (χ1v) is 9.41. The molecule has 122 valence electrons. The number of rotatable bonds is 5. The lowest BCUT2D eigenvalue weighted by Crippen LogP contribution is -2.43. The van der Waals surface area contributed by atoms with Crippen LogP contribution in [0.2, 0.25) is 0 Å². The number of benzene rings is 1. The maximum atomic E-state index is 13.4. The summed E-state index contributed by atoms with van der Waals surface area (Å²) in [6.45, 7) is 0.549. The van der Waals surface area contributed by atoms with Gasteiger partial charge in [-0.25, -0.2) is 12.8 Å². The number of nitrogens with zero attached hydrogens (tertiary/aromatic N) is 1. The molecule has 1 amide bonds. The molecule has 1 heterocycles. The monoisotopic (exact) mass is 393 g/mol. The van der Waals surface area contributed by atoms with Crippen LogP contribution in [0.4, 0.5) is 4.39 Å². The zero-order valence-electron chi connectivity index (χ0n) is 12.1. The molecule has 0 saturated carbocycles. The number of carbonyl (C=O) groups is 1. The van der Waals surface area contributed by atoms with Crippen molar-refractivity contribution in [1.82, 2.24) is 4.90 Å². The van der Waals surface area contributed by atoms with Crippen molar-refractivity contribution in [1.29, 1.82) is 0 Å². The van der Waals surface area contributed by atoms with Crippen LogP contribution in [0.15, 0.2) is 22.7 Å². The van der Waals surface area contributed by atoms with Gasteiger partial charge in [0.05, 0.1) is 23.7 Å². The van der Waals surface area contributed by atoms with Gasteiger partial charge in [-0.15, -0.1) is 0 Å². The lowest BCUT2D eigenvalue weighted by atomic mass is 10.1. The Labute approximate surface area is 137 Å². The summed E-state index contributed by atoms with van der Waals surface area (Å²) in [7, 11) is -1.61. The van der Waals surface area contributed by atoms with Gasteiger partial charge in [0, 0.05) is 24.2 Å². The van der Waals surface area contributed by atoms with Crippen molar-refractivity contribution in [2.24, 2.45) is 0 Å². The van der Waals surface area contributed by atoms with Crippen LogP contribution < -0.4 is 0 Å². The summed E-state index contributed by atoms with van der Waals surface area (Å²) in [5.74, 6) is -0.906. The molecule has 2 rings (SSSR count). The Bertz CT molecular complexity index is 665. The van der Waals surface area contributed by atoms with Crippen molar-refractivity contribution in [3.8, 4) is 0 Å². The van der Waals surface area contributed by atoms with Crippen molar-refractivity contribution in [3.05, 3.63) is 34.1 Å². The number of hydrogen-bond acceptors (Lipinski definition) is 4. The van der Waals surface area contributed by atoms with E-state index in [2.05, 4.69) is 15.9 Å². The van der Waals surface area contributed by atoms with Gasteiger partial charge in [0.1, 0.15) is 5.82 Å². The molecule has 0 aliphatic carbocycles. The highest BCUT2D eigenvalue weighted by atomic mass is 79.9. The van der Waals surface area contributed by atoms with Gasteiger partial charge < -0.3 is 9.64 Å². The normalized spacial score (nSPS) is 20.0. The van der Waals surface area contributed by atoms with E-state index in [1.54, 1.807) is 0 Å². The highest BCUT2D eigenvalue weighted by Crippen LogP contribution is 2.24. The average molecular weight is 394 g/mol. The number of carbonyl (C=O) groups excluding carboxylic acids is 1. The Hall–Kier alpha value is -0.990. The molecule has 8 heteroatoms. The minimum absolute atomic E-state index is 0.0601. The average Bonchev–Trinajstić information content (AvgIpc) is 2.82. The van der Waals surface area contributed by atoms with E-state index in [0.717, 1.165) is 6.07 Å². The Morgan fingerprint density at radius 2 is 2.23 bits per heavy atom. The zero-order chi connectivity index (χ0) is 16.3. The second kappa shape index (κ2) is 7.06. The van der Waals surface area contributed by atoms with Gasteiger partial charge in [-0.05, 0) is 40.5 Å². The predicted molar refractivity (Wildman–Crippen MR) is 84.1 cm³/mol. The number of halogens is 2. The Morgan fingerprint density at radius 1 is 1.50 bits per heavy atom. The van der Waals surface area contributed by atoms with Crippen LogP contribution in [0.25, 0.3) is 0 Å². The molecule has 1 aliphatic rings. The summed E-state index contributed by atoms with van der Waals surface area (Å²) >= 11 is 3.23. The molecular formula is C14H17BrFNO4S. The van der Waals surface area contributed by atoms with Crippen molar-refractivity contribution in [3.63, 3.8) is 0 Å². The topological polar surface area (TPSA) is 63.7 Å². The van der Waals surface area contributed by atoms with Crippen LogP contribution in [0.3, 0.4) is 0 Å². The van der Waals surface area contributed by atoms with Crippen molar-refractivity contribution in [2.45, 2.75) is 12.5 Å². The molecule has 1 unspecified atom stereocenters. The molecule has 5 nitrogen and oxygen atoms in total. The largest absolute Gasteiger partial charge is 0.383 e. The van der Waals surface area contributed by atoms with Gasteiger partial charge >= 0.3 is 0 Å². The molecule has 0 N–H and O–H groups in total. The fourth-order valence-electron chi connectivity index (χ4n) is 2.48. The maximum absolute atomic E-state index is 13.4. The molecule has 1 fully saturated rings.